The third-order valence-electron chi connectivity index (χ3n) is 3.80. The molecular formula is C18H17Cl2N5O3S. The zero-order valence-corrected chi connectivity index (χ0v) is 17.6. The summed E-state index contributed by atoms with van der Waals surface area (Å²) in [6, 6.07) is 8.09. The number of hydrogen-bond acceptors (Lipinski definition) is 6. The fourth-order valence-electron chi connectivity index (χ4n) is 2.43. The Morgan fingerprint density at radius 3 is 2.72 bits per heavy atom. The zero-order valence-electron chi connectivity index (χ0n) is 15.3. The summed E-state index contributed by atoms with van der Waals surface area (Å²) < 4.78 is 6.89. The Labute approximate surface area is 181 Å². The van der Waals surface area contributed by atoms with Crippen LogP contribution in [0, 0.1) is 0 Å². The van der Waals surface area contributed by atoms with Crippen molar-refractivity contribution in [3.05, 3.63) is 58.2 Å². The minimum atomic E-state index is -0.337. The van der Waals surface area contributed by atoms with E-state index in [4.69, 9.17) is 27.6 Å². The van der Waals surface area contributed by atoms with Crippen LogP contribution >= 0.6 is 35.0 Å². The van der Waals surface area contributed by atoms with Crippen molar-refractivity contribution in [2.24, 2.45) is 0 Å². The predicted molar refractivity (Wildman–Crippen MR) is 111 cm³/mol. The van der Waals surface area contributed by atoms with E-state index in [0.717, 1.165) is 0 Å². The summed E-state index contributed by atoms with van der Waals surface area (Å²) in [6.45, 7) is 2.72. The van der Waals surface area contributed by atoms with Gasteiger partial charge < -0.3 is 19.6 Å². The number of anilines is 1. The molecular weight excluding hydrogens is 437 g/mol. The van der Waals surface area contributed by atoms with Crippen molar-refractivity contribution in [3.63, 3.8) is 0 Å². The molecule has 2 aromatic heterocycles. The van der Waals surface area contributed by atoms with E-state index in [2.05, 4.69) is 20.8 Å². The van der Waals surface area contributed by atoms with E-state index in [1.165, 1.54) is 18.0 Å². The van der Waals surface area contributed by atoms with Gasteiger partial charge in [-0.25, -0.2) is 0 Å². The number of aromatic nitrogens is 3. The van der Waals surface area contributed by atoms with E-state index < -0.39 is 0 Å². The molecule has 0 aliphatic rings. The Kier molecular flexibility index (Phi) is 7.18. The summed E-state index contributed by atoms with van der Waals surface area (Å²) in [5, 5.41) is 15.1. The van der Waals surface area contributed by atoms with Gasteiger partial charge in [0.2, 0.25) is 5.91 Å². The molecule has 29 heavy (non-hydrogen) atoms. The van der Waals surface area contributed by atoms with Crippen LogP contribution in [0.1, 0.15) is 23.3 Å². The van der Waals surface area contributed by atoms with Gasteiger partial charge in [-0.2, -0.15) is 0 Å². The van der Waals surface area contributed by atoms with Crippen molar-refractivity contribution >= 4 is 52.5 Å². The van der Waals surface area contributed by atoms with Gasteiger partial charge in [-0.15, -0.1) is 10.2 Å². The molecule has 0 spiro atoms. The summed E-state index contributed by atoms with van der Waals surface area (Å²) >= 11 is 13.1. The number of carbonyl (C=O) groups is 2. The highest BCUT2D eigenvalue weighted by Gasteiger charge is 2.15. The maximum absolute atomic E-state index is 12.2. The lowest BCUT2D eigenvalue weighted by atomic mass is 10.3. The first kappa shape index (κ1) is 21.2. The van der Waals surface area contributed by atoms with Crippen LogP contribution in [-0.4, -0.2) is 32.3 Å². The molecule has 3 rings (SSSR count). The largest absolute Gasteiger partial charge is 0.459 e. The number of carbonyl (C=O) groups excluding carboxylic acids is 2. The number of hydrogen-bond donors (Lipinski definition) is 2. The molecule has 0 saturated heterocycles. The predicted octanol–water partition coefficient (Wildman–Crippen LogP) is 3.86. The molecule has 1 aromatic carbocycles. The Morgan fingerprint density at radius 1 is 1.21 bits per heavy atom. The van der Waals surface area contributed by atoms with Gasteiger partial charge in [-0.05, 0) is 37.3 Å². The number of thioether (sulfide) groups is 1. The number of nitrogens with one attached hydrogen (secondary N) is 2. The highest BCUT2D eigenvalue weighted by atomic mass is 35.5. The average Bonchev–Trinajstić information content (AvgIpc) is 3.37. The van der Waals surface area contributed by atoms with E-state index in [1.807, 2.05) is 11.5 Å². The number of furan rings is 1. The fourth-order valence-corrected chi connectivity index (χ4v) is 3.55. The highest BCUT2D eigenvalue weighted by molar-refractivity contribution is 7.99. The molecule has 0 bridgehead atoms. The van der Waals surface area contributed by atoms with Crippen LogP contribution in [-0.2, 0) is 17.9 Å². The zero-order chi connectivity index (χ0) is 20.8. The van der Waals surface area contributed by atoms with E-state index in [-0.39, 0.29) is 29.9 Å². The van der Waals surface area contributed by atoms with Crippen LogP contribution < -0.4 is 10.6 Å². The SMILES string of the molecule is CCn1c(CNC(=O)c2ccco2)nnc1SCC(=O)Nc1ccc(Cl)c(Cl)c1. The maximum atomic E-state index is 12.2. The molecule has 0 saturated carbocycles. The molecule has 8 nitrogen and oxygen atoms in total. The van der Waals surface area contributed by atoms with Crippen molar-refractivity contribution in [1.82, 2.24) is 20.1 Å². The summed E-state index contributed by atoms with van der Waals surface area (Å²) in [5.74, 6) is 0.389. The molecule has 0 atom stereocenters. The van der Waals surface area contributed by atoms with Crippen LogP contribution in [0.4, 0.5) is 5.69 Å². The second-order valence-corrected chi connectivity index (χ2v) is 7.53. The first-order chi connectivity index (χ1) is 14.0. The minimum absolute atomic E-state index is 0.136. The van der Waals surface area contributed by atoms with Gasteiger partial charge in [0.05, 0.1) is 28.6 Å². The Bertz CT molecular complexity index is 1010. The van der Waals surface area contributed by atoms with Gasteiger partial charge in [-0.3, -0.25) is 9.59 Å². The van der Waals surface area contributed by atoms with Crippen LogP contribution in [0.15, 0.2) is 46.2 Å². The summed E-state index contributed by atoms with van der Waals surface area (Å²) in [4.78, 5) is 24.2. The van der Waals surface area contributed by atoms with Gasteiger partial charge in [0.15, 0.2) is 16.7 Å². The minimum Gasteiger partial charge on any atom is -0.459 e. The van der Waals surface area contributed by atoms with Crippen molar-refractivity contribution in [2.45, 2.75) is 25.2 Å². The monoisotopic (exact) mass is 453 g/mol. The van der Waals surface area contributed by atoms with Gasteiger partial charge in [0.1, 0.15) is 0 Å². The molecule has 0 unspecified atom stereocenters. The molecule has 0 fully saturated rings. The molecule has 2 amide bonds. The third kappa shape index (κ3) is 5.53. The lowest BCUT2D eigenvalue weighted by molar-refractivity contribution is -0.113. The summed E-state index contributed by atoms with van der Waals surface area (Å²) in [7, 11) is 0. The summed E-state index contributed by atoms with van der Waals surface area (Å²) in [6.07, 6.45) is 1.43. The molecule has 2 heterocycles. The van der Waals surface area contributed by atoms with Crippen molar-refractivity contribution < 1.29 is 14.0 Å². The molecule has 2 N–H and O–H groups in total. The van der Waals surface area contributed by atoms with Crippen LogP contribution in [0.2, 0.25) is 10.0 Å². The van der Waals surface area contributed by atoms with Gasteiger partial charge in [-0.1, -0.05) is 35.0 Å². The fraction of sp³-hybridized carbons (Fsp3) is 0.222. The van der Waals surface area contributed by atoms with Gasteiger partial charge in [0, 0.05) is 12.2 Å². The highest BCUT2D eigenvalue weighted by Crippen LogP contribution is 2.25. The first-order valence-electron chi connectivity index (χ1n) is 8.59. The third-order valence-corrected chi connectivity index (χ3v) is 5.50. The van der Waals surface area contributed by atoms with E-state index in [1.54, 1.807) is 30.3 Å². The Morgan fingerprint density at radius 2 is 2.03 bits per heavy atom. The second-order valence-electron chi connectivity index (χ2n) is 5.77. The lowest BCUT2D eigenvalue weighted by Crippen LogP contribution is -2.24. The second kappa shape index (κ2) is 9.82. The smallest absolute Gasteiger partial charge is 0.287 e. The first-order valence-corrected chi connectivity index (χ1v) is 10.3. The van der Waals surface area contributed by atoms with Gasteiger partial charge in [0.25, 0.3) is 5.91 Å². The lowest BCUT2D eigenvalue weighted by Gasteiger charge is -2.08. The maximum Gasteiger partial charge on any atom is 0.287 e. The molecule has 0 aliphatic carbocycles. The van der Waals surface area contributed by atoms with Crippen molar-refractivity contribution in [1.29, 1.82) is 0 Å². The van der Waals surface area contributed by atoms with E-state index in [9.17, 15) is 9.59 Å². The molecule has 152 valence electrons. The Balaban J connectivity index is 1.56. The number of halogens is 2. The van der Waals surface area contributed by atoms with E-state index >= 15 is 0 Å². The van der Waals surface area contributed by atoms with Crippen molar-refractivity contribution in [3.8, 4) is 0 Å². The normalized spacial score (nSPS) is 10.7. The van der Waals surface area contributed by atoms with Crippen LogP contribution in [0.25, 0.3) is 0 Å². The molecule has 11 heteroatoms. The Hall–Kier alpha value is -2.49. The standard InChI is InChI=1S/C18H17Cl2N5O3S/c1-2-25-15(9-21-17(27)14-4-3-7-28-14)23-24-18(25)29-10-16(26)22-11-5-6-12(19)13(20)8-11/h3-8H,2,9-10H2,1H3,(H,21,27)(H,22,26). The molecule has 0 aliphatic heterocycles. The average molecular weight is 454 g/mol. The molecule has 0 radical (unpaired) electrons. The number of rotatable bonds is 8. The number of benzene rings is 1. The number of amides is 2. The number of nitrogens with zero attached hydrogens (tertiary/aromatic N) is 3. The quantitative estimate of drug-likeness (QED) is 0.502. The van der Waals surface area contributed by atoms with Gasteiger partial charge >= 0.3 is 0 Å². The molecule has 3 aromatic rings. The van der Waals surface area contributed by atoms with E-state index in [0.29, 0.717) is 33.3 Å². The topological polar surface area (TPSA) is 102 Å². The van der Waals surface area contributed by atoms with Crippen LogP contribution in [0.5, 0.6) is 0 Å². The summed E-state index contributed by atoms with van der Waals surface area (Å²) in [5.41, 5.74) is 0.559. The van der Waals surface area contributed by atoms with Crippen molar-refractivity contribution in [2.75, 3.05) is 11.1 Å². The van der Waals surface area contributed by atoms with Crippen LogP contribution in [0.3, 0.4) is 0 Å².